The van der Waals surface area contributed by atoms with Crippen molar-refractivity contribution in [3.05, 3.63) is 54.6 Å². The van der Waals surface area contributed by atoms with Crippen LogP contribution >= 0.6 is 12.2 Å². The van der Waals surface area contributed by atoms with Gasteiger partial charge < -0.3 is 16.4 Å². The Morgan fingerprint density at radius 1 is 0.882 bits per heavy atom. The van der Waals surface area contributed by atoms with E-state index >= 15 is 0 Å². The highest BCUT2D eigenvalue weighted by Gasteiger charge is 2.00. The summed E-state index contributed by atoms with van der Waals surface area (Å²) in [7, 11) is 0. The van der Waals surface area contributed by atoms with E-state index in [0.29, 0.717) is 10.8 Å². The molecule has 2 aromatic rings. The highest BCUT2D eigenvalue weighted by atomic mass is 32.1. The predicted octanol–water partition coefficient (Wildman–Crippen LogP) is 3.08. The molecule has 0 bridgehead atoms. The Labute approximate surface area is 106 Å². The molecule has 2 rings (SSSR count). The zero-order chi connectivity index (χ0) is 12.1. The molecule has 4 heteroatoms. The fourth-order valence-corrected chi connectivity index (χ4v) is 1.64. The normalized spacial score (nSPS) is 9.65. The number of thiocarbonyl (C=S) groups is 1. The van der Waals surface area contributed by atoms with E-state index in [1.54, 1.807) is 0 Å². The lowest BCUT2D eigenvalue weighted by Crippen LogP contribution is -2.19. The van der Waals surface area contributed by atoms with E-state index in [9.17, 15) is 0 Å². The van der Waals surface area contributed by atoms with Gasteiger partial charge in [-0.1, -0.05) is 30.3 Å². The molecule has 0 atom stereocenters. The van der Waals surface area contributed by atoms with Crippen molar-refractivity contribution in [1.29, 1.82) is 0 Å². The van der Waals surface area contributed by atoms with Gasteiger partial charge in [0.1, 0.15) is 0 Å². The number of rotatable bonds is 2. The summed E-state index contributed by atoms with van der Waals surface area (Å²) in [5.41, 5.74) is 8.23. The van der Waals surface area contributed by atoms with Gasteiger partial charge in [0.2, 0.25) is 0 Å². The Morgan fingerprint density at radius 3 is 2.24 bits per heavy atom. The summed E-state index contributed by atoms with van der Waals surface area (Å²) >= 11 is 5.20. The minimum Gasteiger partial charge on any atom is -0.397 e. The average Bonchev–Trinajstić information content (AvgIpc) is 2.33. The van der Waals surface area contributed by atoms with Gasteiger partial charge in [0.15, 0.2) is 5.11 Å². The van der Waals surface area contributed by atoms with Crippen LogP contribution < -0.4 is 16.4 Å². The topological polar surface area (TPSA) is 50.1 Å². The molecule has 0 aliphatic heterocycles. The van der Waals surface area contributed by atoms with E-state index in [4.69, 9.17) is 18.0 Å². The summed E-state index contributed by atoms with van der Waals surface area (Å²) in [6.45, 7) is 0. The number of hydrogen-bond donors (Lipinski definition) is 3. The Bertz CT molecular complexity index is 511. The van der Waals surface area contributed by atoms with Crippen LogP contribution in [0.25, 0.3) is 0 Å². The van der Waals surface area contributed by atoms with Crippen LogP contribution in [0.1, 0.15) is 0 Å². The lowest BCUT2D eigenvalue weighted by atomic mass is 10.3. The maximum absolute atomic E-state index is 5.81. The molecule has 0 fully saturated rings. The molecule has 0 heterocycles. The van der Waals surface area contributed by atoms with E-state index in [2.05, 4.69) is 10.6 Å². The summed E-state index contributed by atoms with van der Waals surface area (Å²) in [6.07, 6.45) is 0. The van der Waals surface area contributed by atoms with Crippen LogP contribution in [0.15, 0.2) is 54.6 Å². The Hall–Kier alpha value is -2.07. The lowest BCUT2D eigenvalue weighted by molar-refractivity contribution is 1.59. The monoisotopic (exact) mass is 243 g/mol. The molecule has 0 spiro atoms. The third-order valence-electron chi connectivity index (χ3n) is 2.24. The van der Waals surface area contributed by atoms with Crippen LogP contribution in [-0.4, -0.2) is 5.11 Å². The van der Waals surface area contributed by atoms with Gasteiger partial charge >= 0.3 is 0 Å². The highest BCUT2D eigenvalue weighted by Crippen LogP contribution is 2.17. The zero-order valence-electron chi connectivity index (χ0n) is 9.18. The van der Waals surface area contributed by atoms with Crippen LogP contribution in [0.5, 0.6) is 0 Å². The van der Waals surface area contributed by atoms with Gasteiger partial charge in [-0.15, -0.1) is 0 Å². The minimum atomic E-state index is 0.522. The molecule has 0 aromatic heterocycles. The van der Waals surface area contributed by atoms with Crippen molar-refractivity contribution in [2.24, 2.45) is 0 Å². The predicted molar refractivity (Wildman–Crippen MR) is 77.1 cm³/mol. The first-order valence-electron chi connectivity index (χ1n) is 5.23. The largest absolute Gasteiger partial charge is 0.397 e. The molecule has 0 amide bonds. The smallest absolute Gasteiger partial charge is 0.175 e. The molecule has 86 valence electrons. The zero-order valence-corrected chi connectivity index (χ0v) is 10.00. The molecule has 17 heavy (non-hydrogen) atoms. The first kappa shape index (κ1) is 11.4. The van der Waals surface area contributed by atoms with Crippen LogP contribution in [-0.2, 0) is 0 Å². The Morgan fingerprint density at radius 2 is 1.53 bits per heavy atom. The molecule has 0 unspecified atom stereocenters. The van der Waals surface area contributed by atoms with Crippen molar-refractivity contribution >= 4 is 34.4 Å². The minimum absolute atomic E-state index is 0.522. The number of anilines is 3. The molecular weight excluding hydrogens is 230 g/mol. The molecule has 0 aliphatic carbocycles. The van der Waals surface area contributed by atoms with Crippen LogP contribution in [0, 0.1) is 0 Å². The molecule has 0 radical (unpaired) electrons. The number of nitrogens with two attached hydrogens (primary N) is 1. The standard InChI is InChI=1S/C13H13N3S/c14-11-8-4-5-9-12(11)16-13(17)15-10-6-2-1-3-7-10/h1-9H,14H2,(H2,15,16,17). The first-order chi connectivity index (χ1) is 8.25. The highest BCUT2D eigenvalue weighted by molar-refractivity contribution is 7.80. The first-order valence-corrected chi connectivity index (χ1v) is 5.64. The molecule has 0 saturated carbocycles. The van der Waals surface area contributed by atoms with E-state index < -0.39 is 0 Å². The third kappa shape index (κ3) is 3.19. The Kier molecular flexibility index (Phi) is 3.57. The molecule has 2 aromatic carbocycles. The van der Waals surface area contributed by atoms with Gasteiger partial charge in [-0.3, -0.25) is 0 Å². The van der Waals surface area contributed by atoms with Gasteiger partial charge in [0.25, 0.3) is 0 Å². The second kappa shape index (κ2) is 5.32. The van der Waals surface area contributed by atoms with Crippen LogP contribution in [0.2, 0.25) is 0 Å². The average molecular weight is 243 g/mol. The van der Waals surface area contributed by atoms with Gasteiger partial charge in [-0.25, -0.2) is 0 Å². The van der Waals surface area contributed by atoms with Gasteiger partial charge in [-0.05, 0) is 36.5 Å². The number of nitrogens with one attached hydrogen (secondary N) is 2. The third-order valence-corrected chi connectivity index (χ3v) is 2.44. The van der Waals surface area contributed by atoms with Gasteiger partial charge in [-0.2, -0.15) is 0 Å². The summed E-state index contributed by atoms with van der Waals surface area (Å²) in [5.74, 6) is 0. The lowest BCUT2D eigenvalue weighted by Gasteiger charge is -2.11. The quantitative estimate of drug-likeness (QED) is 0.560. The molecule has 0 saturated heterocycles. The van der Waals surface area contributed by atoms with E-state index in [1.807, 2.05) is 54.6 Å². The van der Waals surface area contributed by atoms with Crippen LogP contribution in [0.4, 0.5) is 17.1 Å². The van der Waals surface area contributed by atoms with Crippen molar-refractivity contribution in [1.82, 2.24) is 0 Å². The van der Waals surface area contributed by atoms with E-state index in [-0.39, 0.29) is 0 Å². The Balaban J connectivity index is 2.01. The fourth-order valence-electron chi connectivity index (χ4n) is 1.42. The summed E-state index contributed by atoms with van der Waals surface area (Å²) in [5, 5.41) is 6.66. The molecule has 0 aliphatic rings. The van der Waals surface area contributed by atoms with Crippen molar-refractivity contribution in [2.45, 2.75) is 0 Å². The summed E-state index contributed by atoms with van der Waals surface area (Å²) in [6, 6.07) is 17.2. The summed E-state index contributed by atoms with van der Waals surface area (Å²) in [4.78, 5) is 0. The maximum atomic E-state index is 5.81. The van der Waals surface area contributed by atoms with E-state index in [0.717, 1.165) is 11.4 Å². The van der Waals surface area contributed by atoms with Crippen LogP contribution in [0.3, 0.4) is 0 Å². The second-order valence-electron chi connectivity index (χ2n) is 3.53. The van der Waals surface area contributed by atoms with Gasteiger partial charge in [0, 0.05) is 5.69 Å². The van der Waals surface area contributed by atoms with Gasteiger partial charge in [0.05, 0.1) is 11.4 Å². The molecule has 4 N–H and O–H groups in total. The van der Waals surface area contributed by atoms with Crippen molar-refractivity contribution in [2.75, 3.05) is 16.4 Å². The fraction of sp³-hybridized carbons (Fsp3) is 0. The molecule has 3 nitrogen and oxygen atoms in total. The van der Waals surface area contributed by atoms with E-state index in [1.165, 1.54) is 0 Å². The molecular formula is C13H13N3S. The van der Waals surface area contributed by atoms with Crippen molar-refractivity contribution < 1.29 is 0 Å². The number of hydrogen-bond acceptors (Lipinski definition) is 2. The summed E-state index contributed by atoms with van der Waals surface area (Å²) < 4.78 is 0. The van der Waals surface area contributed by atoms with Crippen molar-refractivity contribution in [3.8, 4) is 0 Å². The number of benzene rings is 2. The maximum Gasteiger partial charge on any atom is 0.175 e. The van der Waals surface area contributed by atoms with Crippen molar-refractivity contribution in [3.63, 3.8) is 0 Å². The number of para-hydroxylation sites is 3. The SMILES string of the molecule is Nc1ccccc1NC(=S)Nc1ccccc1. The second-order valence-corrected chi connectivity index (χ2v) is 3.94. The number of nitrogen functional groups attached to an aromatic ring is 1.